The number of aliphatic hydroxyl groups excluding tert-OH is 1. The number of H-pyrrole nitrogens is 1. The minimum Gasteiger partial charge on any atom is -0.469 e. The molecule has 1 aromatic heterocycles. The van der Waals surface area contributed by atoms with Gasteiger partial charge in [0.05, 0.1) is 25.2 Å². The van der Waals surface area contributed by atoms with Crippen LogP contribution in [0.5, 0.6) is 0 Å². The Labute approximate surface area is 153 Å². The van der Waals surface area contributed by atoms with Crippen LogP contribution in [0.1, 0.15) is 30.6 Å². The highest BCUT2D eigenvalue weighted by Gasteiger charge is 2.56. The molecule has 6 atom stereocenters. The molecule has 5 rings (SSSR count). The molecule has 0 radical (unpaired) electrons. The summed E-state index contributed by atoms with van der Waals surface area (Å²) in [4.78, 5) is 18.6. The van der Waals surface area contributed by atoms with Crippen LogP contribution in [0.25, 0.3) is 10.9 Å². The Bertz CT molecular complexity index is 860. The molecule has 2 fully saturated rings. The number of aromatic nitrogens is 1. The van der Waals surface area contributed by atoms with Crippen molar-refractivity contribution >= 4 is 16.9 Å². The molecule has 3 heterocycles. The molecule has 0 amide bonds. The van der Waals surface area contributed by atoms with Gasteiger partial charge in [0.2, 0.25) is 0 Å². The van der Waals surface area contributed by atoms with Crippen molar-refractivity contribution in [2.45, 2.75) is 31.9 Å². The maximum atomic E-state index is 12.4. The summed E-state index contributed by atoms with van der Waals surface area (Å²) in [5.74, 6) is 0.382. The maximum Gasteiger partial charge on any atom is 0.310 e. The first-order chi connectivity index (χ1) is 12.6. The summed E-state index contributed by atoms with van der Waals surface area (Å²) in [6, 6.07) is 8.76. The lowest BCUT2D eigenvalue weighted by molar-refractivity contribution is -0.153. The van der Waals surface area contributed by atoms with E-state index in [9.17, 15) is 9.90 Å². The number of benzene rings is 1. The number of piperidine rings is 1. The average molecular weight is 354 g/mol. The Morgan fingerprint density at radius 2 is 2.15 bits per heavy atom. The first-order valence-electron chi connectivity index (χ1n) is 9.69. The third-order valence-corrected chi connectivity index (χ3v) is 7.22. The molecule has 0 bridgehead atoms. The largest absolute Gasteiger partial charge is 0.469 e. The molecule has 1 aliphatic carbocycles. The molecule has 0 spiro atoms. The van der Waals surface area contributed by atoms with Crippen LogP contribution >= 0.6 is 0 Å². The lowest BCUT2D eigenvalue weighted by Crippen LogP contribution is -2.52. The van der Waals surface area contributed by atoms with Gasteiger partial charge in [0.25, 0.3) is 0 Å². The molecule has 138 valence electrons. The molecule has 2 aliphatic heterocycles. The van der Waals surface area contributed by atoms with Crippen molar-refractivity contribution in [1.82, 2.24) is 9.88 Å². The van der Waals surface area contributed by atoms with Gasteiger partial charge in [0, 0.05) is 29.7 Å². The van der Waals surface area contributed by atoms with E-state index in [4.69, 9.17) is 4.74 Å². The number of aromatic amines is 1. The topological polar surface area (TPSA) is 65.6 Å². The van der Waals surface area contributed by atoms with Crippen molar-refractivity contribution in [1.29, 1.82) is 0 Å². The van der Waals surface area contributed by atoms with E-state index in [2.05, 4.69) is 41.1 Å². The smallest absolute Gasteiger partial charge is 0.310 e. The normalized spacial score (nSPS) is 36.4. The van der Waals surface area contributed by atoms with E-state index in [0.717, 1.165) is 19.5 Å². The minimum atomic E-state index is -0.341. The summed E-state index contributed by atoms with van der Waals surface area (Å²) < 4.78 is 5.11. The van der Waals surface area contributed by atoms with Crippen molar-refractivity contribution < 1.29 is 14.6 Å². The summed E-state index contributed by atoms with van der Waals surface area (Å²) in [6.45, 7) is 3.83. The van der Waals surface area contributed by atoms with Gasteiger partial charge in [-0.15, -0.1) is 0 Å². The summed E-state index contributed by atoms with van der Waals surface area (Å²) in [7, 11) is 1.48. The highest BCUT2D eigenvalue weighted by atomic mass is 16.5. The van der Waals surface area contributed by atoms with Gasteiger partial charge in [-0.25, -0.2) is 0 Å². The number of nitrogens with one attached hydrogen (secondary N) is 1. The number of esters is 1. The molecule has 2 aromatic rings. The van der Waals surface area contributed by atoms with Crippen LogP contribution in [-0.4, -0.2) is 47.3 Å². The molecule has 1 saturated carbocycles. The zero-order valence-corrected chi connectivity index (χ0v) is 15.3. The Morgan fingerprint density at radius 1 is 1.35 bits per heavy atom. The van der Waals surface area contributed by atoms with Crippen molar-refractivity contribution in [3.05, 3.63) is 35.5 Å². The molecular weight excluding hydrogens is 328 g/mol. The second-order valence-electron chi connectivity index (χ2n) is 8.29. The lowest BCUT2D eigenvalue weighted by atomic mass is 9.70. The summed E-state index contributed by atoms with van der Waals surface area (Å²) in [6.07, 6.45) is 1.36. The van der Waals surface area contributed by atoms with Gasteiger partial charge in [-0.05, 0) is 42.2 Å². The Kier molecular flexibility index (Phi) is 3.66. The number of rotatable bonds is 1. The van der Waals surface area contributed by atoms with E-state index in [-0.39, 0.29) is 41.8 Å². The third-order valence-electron chi connectivity index (χ3n) is 7.22. The van der Waals surface area contributed by atoms with Gasteiger partial charge in [-0.3, -0.25) is 9.69 Å². The van der Waals surface area contributed by atoms with E-state index in [1.807, 2.05) is 0 Å². The van der Waals surface area contributed by atoms with E-state index in [1.54, 1.807) is 0 Å². The average Bonchev–Trinajstić information content (AvgIpc) is 3.18. The monoisotopic (exact) mass is 354 g/mol. The fourth-order valence-electron chi connectivity index (χ4n) is 6.00. The Hall–Kier alpha value is -1.85. The molecular formula is C21H26N2O3. The maximum absolute atomic E-state index is 12.4. The molecule has 26 heavy (non-hydrogen) atoms. The highest BCUT2D eigenvalue weighted by Crippen LogP contribution is 2.55. The molecule has 3 aliphatic rings. The first-order valence-corrected chi connectivity index (χ1v) is 9.69. The predicted molar refractivity (Wildman–Crippen MR) is 98.6 cm³/mol. The van der Waals surface area contributed by atoms with Crippen molar-refractivity contribution in [3.8, 4) is 0 Å². The van der Waals surface area contributed by atoms with Gasteiger partial charge < -0.3 is 14.8 Å². The summed E-state index contributed by atoms with van der Waals surface area (Å²) >= 11 is 0. The first kappa shape index (κ1) is 16.3. The molecule has 1 saturated heterocycles. The fraction of sp³-hybridized carbons (Fsp3) is 0.571. The van der Waals surface area contributed by atoms with Gasteiger partial charge in [0.1, 0.15) is 0 Å². The SMILES string of the molecule is COC(=O)C1CN2CCc3c([nH]c4ccccc34)[C@@H]2[C@@H]2[C@@H](C)[C@@H](O)C[C@H]12. The van der Waals surface area contributed by atoms with Crippen LogP contribution in [0.4, 0.5) is 0 Å². The van der Waals surface area contributed by atoms with Crippen LogP contribution in [0.15, 0.2) is 24.3 Å². The number of para-hydroxylation sites is 1. The molecule has 5 nitrogen and oxygen atoms in total. The van der Waals surface area contributed by atoms with Crippen LogP contribution in [0, 0.1) is 23.7 Å². The number of carbonyl (C=O) groups is 1. The van der Waals surface area contributed by atoms with E-state index in [0.29, 0.717) is 6.42 Å². The van der Waals surface area contributed by atoms with E-state index >= 15 is 0 Å². The fourth-order valence-corrected chi connectivity index (χ4v) is 6.00. The zero-order valence-electron chi connectivity index (χ0n) is 15.3. The number of ether oxygens (including phenoxy) is 1. The van der Waals surface area contributed by atoms with Crippen LogP contribution < -0.4 is 0 Å². The zero-order chi connectivity index (χ0) is 18.0. The van der Waals surface area contributed by atoms with Gasteiger partial charge in [0.15, 0.2) is 0 Å². The number of hydrogen-bond donors (Lipinski definition) is 2. The van der Waals surface area contributed by atoms with Crippen LogP contribution in [0.3, 0.4) is 0 Å². The van der Waals surface area contributed by atoms with Crippen molar-refractivity contribution in [2.24, 2.45) is 23.7 Å². The Balaban J connectivity index is 1.63. The van der Waals surface area contributed by atoms with Crippen LogP contribution in [-0.2, 0) is 16.0 Å². The van der Waals surface area contributed by atoms with E-state index < -0.39 is 0 Å². The minimum absolute atomic E-state index is 0.123. The lowest BCUT2D eigenvalue weighted by Gasteiger charge is -2.49. The number of nitrogens with zero attached hydrogens (tertiary/aromatic N) is 1. The van der Waals surface area contributed by atoms with Gasteiger partial charge in [-0.2, -0.15) is 0 Å². The third kappa shape index (κ3) is 2.13. The van der Waals surface area contributed by atoms with Gasteiger partial charge >= 0.3 is 5.97 Å². The number of carbonyl (C=O) groups excluding carboxylic acids is 1. The van der Waals surface area contributed by atoms with Crippen LogP contribution in [0.2, 0.25) is 0 Å². The molecule has 1 unspecified atom stereocenters. The second-order valence-corrected chi connectivity index (χ2v) is 8.29. The molecule has 1 aromatic carbocycles. The summed E-state index contributed by atoms with van der Waals surface area (Å²) in [5.41, 5.74) is 3.92. The van der Waals surface area contributed by atoms with Crippen molar-refractivity contribution in [2.75, 3.05) is 20.2 Å². The summed E-state index contributed by atoms with van der Waals surface area (Å²) in [5, 5.41) is 11.9. The number of methoxy groups -OCH3 is 1. The highest BCUT2D eigenvalue weighted by molar-refractivity contribution is 5.85. The second kappa shape index (κ2) is 5.83. The predicted octanol–water partition coefficient (Wildman–Crippen LogP) is 2.50. The number of fused-ring (bicyclic) bond motifs is 7. The molecule has 5 heteroatoms. The quantitative estimate of drug-likeness (QED) is 0.773. The standard InChI is InChI=1S/C21H26N2O3/c1-11-17(24)9-14-15(21(25)26-2)10-23-8-7-13-12-5-3-4-6-16(12)22-19(13)20(23)18(11)14/h3-6,11,14-15,17-18,20,22,24H,7-10H2,1-2H3/t11-,14+,15?,17-,18+,20-/m0/s1. The van der Waals surface area contributed by atoms with Crippen molar-refractivity contribution in [3.63, 3.8) is 0 Å². The Morgan fingerprint density at radius 3 is 2.96 bits per heavy atom. The number of aliphatic hydroxyl groups is 1. The number of hydrogen-bond acceptors (Lipinski definition) is 4. The molecule has 2 N–H and O–H groups in total. The van der Waals surface area contributed by atoms with Gasteiger partial charge in [-0.1, -0.05) is 25.1 Å². The van der Waals surface area contributed by atoms with E-state index in [1.165, 1.54) is 29.3 Å².